The van der Waals surface area contributed by atoms with Crippen LogP contribution in [0.3, 0.4) is 0 Å². The second-order valence-electron chi connectivity index (χ2n) is 8.00. The molecule has 1 aliphatic carbocycles. The average Bonchev–Trinajstić information content (AvgIpc) is 3.15. The van der Waals surface area contributed by atoms with Gasteiger partial charge in [0.05, 0.1) is 0 Å². The molecule has 0 aromatic heterocycles. The fraction of sp³-hybridized carbons (Fsp3) is 0.417. The van der Waals surface area contributed by atoms with E-state index < -0.39 is 6.10 Å². The molecule has 152 valence electrons. The third-order valence-corrected chi connectivity index (χ3v) is 5.87. The van der Waals surface area contributed by atoms with Crippen LogP contribution in [0.4, 0.5) is 11.4 Å². The number of hydrogen-bond acceptors (Lipinski definition) is 3. The first-order valence-corrected chi connectivity index (χ1v) is 10.5. The van der Waals surface area contributed by atoms with Crippen LogP contribution in [0, 0.1) is 6.92 Å². The van der Waals surface area contributed by atoms with Gasteiger partial charge < -0.3 is 15.0 Å². The number of amides is 2. The minimum Gasteiger partial charge on any atom is -0.481 e. The van der Waals surface area contributed by atoms with Crippen LogP contribution in [0.5, 0.6) is 5.75 Å². The van der Waals surface area contributed by atoms with Crippen LogP contribution in [0.15, 0.2) is 36.4 Å². The lowest BCUT2D eigenvalue weighted by Gasteiger charge is -2.22. The summed E-state index contributed by atoms with van der Waals surface area (Å²) in [6.07, 6.45) is 5.31. The van der Waals surface area contributed by atoms with Gasteiger partial charge in [-0.3, -0.25) is 9.59 Å². The molecule has 0 unspecified atom stereocenters. The number of anilines is 2. The van der Waals surface area contributed by atoms with Crippen LogP contribution in [0.1, 0.15) is 49.3 Å². The Morgan fingerprint density at radius 2 is 1.93 bits per heavy atom. The van der Waals surface area contributed by atoms with Gasteiger partial charge >= 0.3 is 0 Å². The number of fused-ring (bicyclic) bond motifs is 1. The summed E-state index contributed by atoms with van der Waals surface area (Å²) in [5.74, 6) is 0.764. The Hall–Kier alpha value is -2.82. The van der Waals surface area contributed by atoms with Crippen molar-refractivity contribution in [2.45, 2.75) is 58.5 Å². The SMILES string of the molecule is Cc1ccc(NC(=O)[C@H](C)Oc2cccc3c2CCCC3)cc1N1CCCC1=O. The lowest BCUT2D eigenvalue weighted by Crippen LogP contribution is -2.31. The number of ether oxygens (including phenoxy) is 1. The van der Waals surface area contributed by atoms with Crippen molar-refractivity contribution in [2.75, 3.05) is 16.8 Å². The molecular formula is C24H28N2O3. The molecule has 5 heteroatoms. The van der Waals surface area contributed by atoms with Gasteiger partial charge in [-0.15, -0.1) is 0 Å². The van der Waals surface area contributed by atoms with Crippen LogP contribution >= 0.6 is 0 Å². The molecule has 2 aromatic rings. The summed E-state index contributed by atoms with van der Waals surface area (Å²) in [5.41, 5.74) is 5.15. The monoisotopic (exact) mass is 392 g/mol. The maximum Gasteiger partial charge on any atom is 0.265 e. The summed E-state index contributed by atoms with van der Waals surface area (Å²) in [6.45, 7) is 4.49. The van der Waals surface area contributed by atoms with Crippen molar-refractivity contribution in [3.63, 3.8) is 0 Å². The molecule has 4 rings (SSSR count). The molecule has 2 aromatic carbocycles. The standard InChI is InChI=1S/C24H28N2O3/c1-16-12-13-19(15-21(16)26-14-6-11-23(26)27)25-24(28)17(2)29-22-10-5-8-18-7-3-4-9-20(18)22/h5,8,10,12-13,15,17H,3-4,6-7,9,11,14H2,1-2H3,(H,25,28)/t17-/m0/s1. The lowest BCUT2D eigenvalue weighted by atomic mass is 9.91. The second kappa shape index (κ2) is 8.27. The number of rotatable bonds is 5. The molecule has 0 bridgehead atoms. The van der Waals surface area contributed by atoms with E-state index in [9.17, 15) is 9.59 Å². The number of aryl methyl sites for hydroxylation is 2. The largest absolute Gasteiger partial charge is 0.481 e. The highest BCUT2D eigenvalue weighted by Crippen LogP contribution is 2.31. The first-order chi connectivity index (χ1) is 14.0. The number of nitrogens with one attached hydrogen (secondary N) is 1. The van der Waals surface area contributed by atoms with Gasteiger partial charge in [0.25, 0.3) is 5.91 Å². The molecule has 1 N–H and O–H groups in total. The van der Waals surface area contributed by atoms with Crippen molar-refractivity contribution >= 4 is 23.2 Å². The summed E-state index contributed by atoms with van der Waals surface area (Å²) in [6, 6.07) is 11.8. The zero-order valence-corrected chi connectivity index (χ0v) is 17.2. The Bertz CT molecular complexity index is 938. The lowest BCUT2D eigenvalue weighted by molar-refractivity contribution is -0.122. The summed E-state index contributed by atoms with van der Waals surface area (Å²) in [7, 11) is 0. The van der Waals surface area contributed by atoms with Crippen molar-refractivity contribution in [1.29, 1.82) is 0 Å². The Kier molecular flexibility index (Phi) is 5.56. The fourth-order valence-corrected chi connectivity index (χ4v) is 4.23. The van der Waals surface area contributed by atoms with Gasteiger partial charge in [0.1, 0.15) is 5.75 Å². The van der Waals surface area contributed by atoms with Gasteiger partial charge in [-0.1, -0.05) is 18.2 Å². The smallest absolute Gasteiger partial charge is 0.265 e. The molecule has 0 spiro atoms. The van der Waals surface area contributed by atoms with Gasteiger partial charge in [-0.2, -0.15) is 0 Å². The molecule has 0 radical (unpaired) electrons. The topological polar surface area (TPSA) is 58.6 Å². The summed E-state index contributed by atoms with van der Waals surface area (Å²) >= 11 is 0. The zero-order chi connectivity index (χ0) is 20.4. The molecular weight excluding hydrogens is 364 g/mol. The Morgan fingerprint density at radius 1 is 1.10 bits per heavy atom. The number of carbonyl (C=O) groups excluding carboxylic acids is 2. The highest BCUT2D eigenvalue weighted by atomic mass is 16.5. The third-order valence-electron chi connectivity index (χ3n) is 5.87. The Morgan fingerprint density at radius 3 is 2.72 bits per heavy atom. The van der Waals surface area contributed by atoms with Crippen molar-refractivity contribution in [3.05, 3.63) is 53.1 Å². The van der Waals surface area contributed by atoms with E-state index in [2.05, 4.69) is 11.4 Å². The third kappa shape index (κ3) is 4.14. The van der Waals surface area contributed by atoms with E-state index in [1.165, 1.54) is 17.5 Å². The fourth-order valence-electron chi connectivity index (χ4n) is 4.23. The molecule has 1 atom stereocenters. The van der Waals surface area contributed by atoms with Gasteiger partial charge in [-0.05, 0) is 80.8 Å². The van der Waals surface area contributed by atoms with Gasteiger partial charge in [-0.25, -0.2) is 0 Å². The normalized spacial score (nSPS) is 17.0. The van der Waals surface area contributed by atoms with E-state index in [-0.39, 0.29) is 11.8 Å². The molecule has 2 amide bonds. The molecule has 1 aliphatic heterocycles. The first kappa shape index (κ1) is 19.5. The summed E-state index contributed by atoms with van der Waals surface area (Å²) < 4.78 is 6.04. The van der Waals surface area contributed by atoms with Crippen molar-refractivity contribution < 1.29 is 14.3 Å². The summed E-state index contributed by atoms with van der Waals surface area (Å²) in [5, 5.41) is 2.95. The number of nitrogens with zero attached hydrogens (tertiary/aromatic N) is 1. The second-order valence-corrected chi connectivity index (χ2v) is 8.00. The van der Waals surface area contributed by atoms with Crippen LogP contribution in [0.2, 0.25) is 0 Å². The molecule has 0 saturated carbocycles. The zero-order valence-electron chi connectivity index (χ0n) is 17.2. The predicted molar refractivity (Wildman–Crippen MR) is 115 cm³/mol. The number of carbonyl (C=O) groups is 2. The van der Waals surface area contributed by atoms with E-state index in [1.807, 2.05) is 37.3 Å². The first-order valence-electron chi connectivity index (χ1n) is 10.5. The Labute approximate surface area is 172 Å². The van der Waals surface area contributed by atoms with E-state index in [0.717, 1.165) is 49.2 Å². The highest BCUT2D eigenvalue weighted by Gasteiger charge is 2.24. The number of benzene rings is 2. The maximum absolute atomic E-state index is 12.8. The average molecular weight is 392 g/mol. The molecule has 29 heavy (non-hydrogen) atoms. The van der Waals surface area contributed by atoms with Crippen molar-refractivity contribution in [3.8, 4) is 5.75 Å². The van der Waals surface area contributed by atoms with Gasteiger partial charge in [0.2, 0.25) is 5.91 Å². The summed E-state index contributed by atoms with van der Waals surface area (Å²) in [4.78, 5) is 26.7. The van der Waals surface area contributed by atoms with Gasteiger partial charge in [0, 0.05) is 24.3 Å². The number of hydrogen-bond donors (Lipinski definition) is 1. The van der Waals surface area contributed by atoms with E-state index in [4.69, 9.17) is 4.74 Å². The molecule has 1 fully saturated rings. The minimum absolute atomic E-state index is 0.141. The molecule has 1 heterocycles. The van der Waals surface area contributed by atoms with Crippen LogP contribution in [0.25, 0.3) is 0 Å². The molecule has 1 saturated heterocycles. The predicted octanol–water partition coefficient (Wildman–Crippen LogP) is 4.41. The van der Waals surface area contributed by atoms with Crippen LogP contribution < -0.4 is 15.0 Å². The maximum atomic E-state index is 12.8. The van der Waals surface area contributed by atoms with Crippen LogP contribution in [-0.4, -0.2) is 24.5 Å². The molecule has 5 nitrogen and oxygen atoms in total. The van der Waals surface area contributed by atoms with E-state index in [0.29, 0.717) is 12.1 Å². The molecule has 2 aliphatic rings. The van der Waals surface area contributed by atoms with E-state index in [1.54, 1.807) is 11.8 Å². The van der Waals surface area contributed by atoms with E-state index >= 15 is 0 Å². The minimum atomic E-state index is -0.610. The van der Waals surface area contributed by atoms with Gasteiger partial charge in [0.15, 0.2) is 6.10 Å². The quantitative estimate of drug-likeness (QED) is 0.820. The van der Waals surface area contributed by atoms with Crippen molar-refractivity contribution in [1.82, 2.24) is 0 Å². The van der Waals surface area contributed by atoms with Crippen LogP contribution in [-0.2, 0) is 22.4 Å². The highest BCUT2D eigenvalue weighted by molar-refractivity contribution is 5.98. The Balaban J connectivity index is 1.46. The van der Waals surface area contributed by atoms with Crippen molar-refractivity contribution in [2.24, 2.45) is 0 Å².